The highest BCUT2D eigenvalue weighted by atomic mass is 15.0. The summed E-state index contributed by atoms with van der Waals surface area (Å²) in [6, 6.07) is 70.6. The fraction of sp³-hybridized carbons (Fsp3) is 0. The summed E-state index contributed by atoms with van der Waals surface area (Å²) in [5.41, 5.74) is 9.15. The SMILES string of the molecule is c1ccc(-n2c3ccccc3c3ccccc3n(-c3cccc(-c4ccc5c6ccccc6c6ccccc6c5c4)c3)c3ccccc32)cc1. The summed E-state index contributed by atoms with van der Waals surface area (Å²) in [6.07, 6.45) is 0. The summed E-state index contributed by atoms with van der Waals surface area (Å²) >= 11 is 0. The van der Waals surface area contributed by atoms with Gasteiger partial charge in [-0.05, 0) is 98.0 Å². The van der Waals surface area contributed by atoms with E-state index in [-0.39, 0.29) is 0 Å². The van der Waals surface area contributed by atoms with Gasteiger partial charge in [0.2, 0.25) is 0 Å². The molecule has 234 valence electrons. The Bertz CT molecular complexity index is 2940. The highest BCUT2D eigenvalue weighted by Gasteiger charge is 2.14. The number of fused-ring (bicyclic) bond motifs is 10. The van der Waals surface area contributed by atoms with Crippen LogP contribution in [0.2, 0.25) is 0 Å². The predicted octanol–water partition coefficient (Wildman–Crippen LogP) is 13.0. The molecule has 50 heavy (non-hydrogen) atoms. The Balaban J connectivity index is 1.29. The molecule has 0 saturated carbocycles. The minimum Gasteiger partial charge on any atom is -0.308 e. The molecule has 0 fully saturated rings. The molecule has 0 spiro atoms. The predicted molar refractivity (Wildman–Crippen MR) is 213 cm³/mol. The van der Waals surface area contributed by atoms with Gasteiger partial charge in [-0.25, -0.2) is 0 Å². The van der Waals surface area contributed by atoms with Crippen molar-refractivity contribution in [3.8, 4) is 22.5 Å². The molecule has 0 N–H and O–H groups in total. The molecular weight excluding hydrogens is 605 g/mol. The van der Waals surface area contributed by atoms with Crippen LogP contribution in [-0.4, -0.2) is 9.13 Å². The molecule has 10 rings (SSSR count). The molecule has 0 saturated heterocycles. The topological polar surface area (TPSA) is 9.86 Å². The number of benzene rings is 9. The van der Waals surface area contributed by atoms with E-state index in [0.29, 0.717) is 0 Å². The maximum absolute atomic E-state index is 2.43. The van der Waals surface area contributed by atoms with Crippen LogP contribution in [0.25, 0.3) is 87.7 Å². The minimum atomic E-state index is 1.11. The van der Waals surface area contributed by atoms with Gasteiger partial charge in [-0.2, -0.15) is 0 Å². The molecule has 0 bridgehead atoms. The quantitative estimate of drug-likeness (QED) is 0.171. The van der Waals surface area contributed by atoms with Crippen molar-refractivity contribution in [3.63, 3.8) is 0 Å². The number of aromatic nitrogens is 2. The zero-order valence-electron chi connectivity index (χ0n) is 27.4. The van der Waals surface area contributed by atoms with Crippen LogP contribution in [0.1, 0.15) is 0 Å². The van der Waals surface area contributed by atoms with Crippen molar-refractivity contribution >= 4 is 65.2 Å². The molecule has 2 nitrogen and oxygen atoms in total. The molecule has 1 aromatic heterocycles. The van der Waals surface area contributed by atoms with Crippen molar-refractivity contribution in [2.24, 2.45) is 0 Å². The number of para-hydroxylation sites is 5. The first-order valence-electron chi connectivity index (χ1n) is 17.2. The second-order valence-electron chi connectivity index (χ2n) is 12.9. The standard InChI is InChI=1S/C48H32N2/c1-2-16-35(17-3-1)49-45-25-10-8-23-42(45)43-24-9-11-26-46(43)50(48-28-13-12-27-47(48)49)36-18-14-15-33(31-36)34-29-30-41-39-21-5-4-19-37(39)38-20-6-7-22-40(38)44(41)32-34/h1-32H. The van der Waals surface area contributed by atoms with E-state index in [0.717, 1.165) is 33.4 Å². The van der Waals surface area contributed by atoms with E-state index in [4.69, 9.17) is 0 Å². The van der Waals surface area contributed by atoms with Crippen LogP contribution >= 0.6 is 0 Å². The van der Waals surface area contributed by atoms with Crippen molar-refractivity contribution in [1.29, 1.82) is 0 Å². The first-order chi connectivity index (χ1) is 24.8. The molecule has 0 unspecified atom stereocenters. The molecule has 0 aliphatic carbocycles. The molecule has 0 atom stereocenters. The smallest absolute Gasteiger partial charge is 0.0702 e. The second-order valence-corrected chi connectivity index (χ2v) is 12.9. The van der Waals surface area contributed by atoms with E-state index in [1.165, 1.54) is 54.2 Å². The third kappa shape index (κ3) is 4.43. The monoisotopic (exact) mass is 636 g/mol. The van der Waals surface area contributed by atoms with Gasteiger partial charge in [0, 0.05) is 22.1 Å². The lowest BCUT2D eigenvalue weighted by Gasteiger charge is -2.20. The Labute approximate surface area is 290 Å². The maximum atomic E-state index is 2.43. The van der Waals surface area contributed by atoms with Gasteiger partial charge in [0.25, 0.3) is 0 Å². The van der Waals surface area contributed by atoms with Crippen molar-refractivity contribution in [1.82, 2.24) is 9.13 Å². The van der Waals surface area contributed by atoms with E-state index in [1.54, 1.807) is 0 Å². The van der Waals surface area contributed by atoms with Crippen LogP contribution in [0.4, 0.5) is 0 Å². The normalized spacial score (nSPS) is 11.6. The van der Waals surface area contributed by atoms with Crippen molar-refractivity contribution in [2.75, 3.05) is 0 Å². The molecule has 0 radical (unpaired) electrons. The van der Waals surface area contributed by atoms with Gasteiger partial charge in [0.1, 0.15) is 0 Å². The Morgan fingerprint density at radius 1 is 0.220 bits per heavy atom. The first-order valence-corrected chi connectivity index (χ1v) is 17.2. The summed E-state index contributed by atoms with van der Waals surface area (Å²) < 4.78 is 4.83. The van der Waals surface area contributed by atoms with Gasteiger partial charge in [0.15, 0.2) is 0 Å². The second kappa shape index (κ2) is 11.5. The lowest BCUT2D eigenvalue weighted by Crippen LogP contribution is -2.04. The third-order valence-corrected chi connectivity index (χ3v) is 10.1. The Morgan fingerprint density at radius 2 is 0.620 bits per heavy atom. The van der Waals surface area contributed by atoms with Gasteiger partial charge in [-0.3, -0.25) is 0 Å². The van der Waals surface area contributed by atoms with Gasteiger partial charge in [0.05, 0.1) is 22.1 Å². The first kappa shape index (κ1) is 28.4. The van der Waals surface area contributed by atoms with E-state index in [9.17, 15) is 0 Å². The zero-order chi connectivity index (χ0) is 33.0. The average molecular weight is 637 g/mol. The van der Waals surface area contributed by atoms with Gasteiger partial charge in [-0.1, -0.05) is 140 Å². The summed E-state index contributed by atoms with van der Waals surface area (Å²) in [6.45, 7) is 0. The molecule has 9 aromatic carbocycles. The zero-order valence-corrected chi connectivity index (χ0v) is 27.4. The Hall–Kier alpha value is -6.64. The lowest BCUT2D eigenvalue weighted by molar-refractivity contribution is 1.12. The minimum absolute atomic E-state index is 1.11. The van der Waals surface area contributed by atoms with Crippen LogP contribution in [-0.2, 0) is 0 Å². The molecule has 0 aliphatic heterocycles. The summed E-state index contributed by atoms with van der Waals surface area (Å²) in [5, 5.41) is 10.1. The fourth-order valence-corrected chi connectivity index (χ4v) is 7.94. The van der Waals surface area contributed by atoms with Crippen LogP contribution in [0.5, 0.6) is 0 Å². The van der Waals surface area contributed by atoms with Crippen LogP contribution in [0.3, 0.4) is 0 Å². The number of hydrogen-bond donors (Lipinski definition) is 0. The summed E-state index contributed by atoms with van der Waals surface area (Å²) in [5.74, 6) is 0. The number of rotatable bonds is 3. The Morgan fingerprint density at radius 3 is 1.20 bits per heavy atom. The highest BCUT2D eigenvalue weighted by molar-refractivity contribution is 6.25. The van der Waals surface area contributed by atoms with Crippen LogP contribution in [0.15, 0.2) is 194 Å². The van der Waals surface area contributed by atoms with Gasteiger partial charge < -0.3 is 9.13 Å². The molecule has 2 heteroatoms. The number of hydrogen-bond acceptors (Lipinski definition) is 0. The van der Waals surface area contributed by atoms with E-state index in [2.05, 4.69) is 203 Å². The molecule has 0 amide bonds. The van der Waals surface area contributed by atoms with E-state index < -0.39 is 0 Å². The molecular formula is C48H32N2. The summed E-state index contributed by atoms with van der Waals surface area (Å²) in [7, 11) is 0. The third-order valence-electron chi connectivity index (χ3n) is 10.1. The van der Waals surface area contributed by atoms with E-state index in [1.807, 2.05) is 0 Å². The summed E-state index contributed by atoms with van der Waals surface area (Å²) in [4.78, 5) is 0. The molecule has 0 aliphatic rings. The van der Waals surface area contributed by atoms with Crippen molar-refractivity contribution in [2.45, 2.75) is 0 Å². The largest absolute Gasteiger partial charge is 0.308 e. The van der Waals surface area contributed by atoms with Crippen molar-refractivity contribution in [3.05, 3.63) is 194 Å². The number of nitrogens with zero attached hydrogens (tertiary/aromatic N) is 2. The maximum Gasteiger partial charge on any atom is 0.0702 e. The molecule has 1 heterocycles. The Kier molecular flexibility index (Phi) is 6.53. The fourth-order valence-electron chi connectivity index (χ4n) is 7.94. The highest BCUT2D eigenvalue weighted by Crippen LogP contribution is 2.38. The van der Waals surface area contributed by atoms with Crippen LogP contribution < -0.4 is 0 Å². The van der Waals surface area contributed by atoms with Crippen molar-refractivity contribution < 1.29 is 0 Å². The molecule has 10 aromatic rings. The van der Waals surface area contributed by atoms with Gasteiger partial charge in [-0.15, -0.1) is 0 Å². The van der Waals surface area contributed by atoms with Gasteiger partial charge >= 0.3 is 0 Å². The lowest BCUT2D eigenvalue weighted by atomic mass is 9.92. The van der Waals surface area contributed by atoms with E-state index >= 15 is 0 Å². The average Bonchev–Trinajstić information content (AvgIpc) is 3.19. The van der Waals surface area contributed by atoms with Crippen LogP contribution in [0, 0.1) is 0 Å².